The highest BCUT2D eigenvalue weighted by Crippen LogP contribution is 2.47. The van der Waals surface area contributed by atoms with Crippen LogP contribution in [0.3, 0.4) is 0 Å². The zero-order chi connectivity index (χ0) is 28.5. The topological polar surface area (TPSA) is 129 Å². The molecule has 0 radical (unpaired) electrons. The van der Waals surface area contributed by atoms with E-state index in [4.69, 9.17) is 4.42 Å². The van der Waals surface area contributed by atoms with Crippen molar-refractivity contribution >= 4 is 54.9 Å². The first-order chi connectivity index (χ1) is 18.3. The fourth-order valence-corrected chi connectivity index (χ4v) is 6.37. The molecule has 1 atom stereocenters. The number of fused-ring (bicyclic) bond motifs is 2. The van der Waals surface area contributed by atoms with Gasteiger partial charge in [0.15, 0.2) is 6.54 Å². The summed E-state index contributed by atoms with van der Waals surface area (Å²) < 4.78 is 72.9. The summed E-state index contributed by atoms with van der Waals surface area (Å²) in [5.74, 6) is 0.000974. The summed E-state index contributed by atoms with van der Waals surface area (Å²) in [6, 6.07) is 11.5. The molecule has 9 nitrogen and oxygen atoms in total. The van der Waals surface area contributed by atoms with E-state index in [0.29, 0.717) is 30.0 Å². The van der Waals surface area contributed by atoms with Crippen molar-refractivity contribution in [2.75, 3.05) is 17.2 Å². The number of benzene rings is 2. The molecule has 210 valence electrons. The maximum atomic E-state index is 11.7. The second-order valence-corrected chi connectivity index (χ2v) is 14.1. The monoisotopic (exact) mass is 593 g/mol. The highest BCUT2D eigenvalue weighted by atomic mass is 32.2. The molecule has 0 saturated heterocycles. The molecule has 4 rings (SSSR count). The van der Waals surface area contributed by atoms with Gasteiger partial charge >= 0.3 is 5.89 Å². The molecule has 0 fully saturated rings. The fourth-order valence-electron chi connectivity index (χ4n) is 4.31. The van der Waals surface area contributed by atoms with Crippen LogP contribution in [0.15, 0.2) is 62.4 Å². The van der Waals surface area contributed by atoms with E-state index >= 15 is 0 Å². The van der Waals surface area contributed by atoms with Gasteiger partial charge in [0.1, 0.15) is 5.75 Å². The number of allylic oxidation sites excluding steroid dienone is 2. The average molecular weight is 594 g/mol. The molecule has 1 unspecified atom stereocenters. The van der Waals surface area contributed by atoms with E-state index in [0.717, 1.165) is 32.3 Å². The highest BCUT2D eigenvalue weighted by Gasteiger charge is 2.29. The number of anilines is 1. The summed E-state index contributed by atoms with van der Waals surface area (Å²) in [6.45, 7) is 7.99. The second kappa shape index (κ2) is 11.5. The maximum absolute atomic E-state index is 11.7. The second-order valence-electron chi connectivity index (χ2n) is 9.67. The third-order valence-electron chi connectivity index (χ3n) is 6.85. The Kier molecular flexibility index (Phi) is 8.62. The lowest BCUT2D eigenvalue weighted by Crippen LogP contribution is -2.38. The molecule has 0 bridgehead atoms. The van der Waals surface area contributed by atoms with Gasteiger partial charge in [0.25, 0.3) is 25.8 Å². The van der Waals surface area contributed by atoms with Crippen LogP contribution in [0.1, 0.15) is 43.7 Å². The summed E-state index contributed by atoms with van der Waals surface area (Å²) in [4.78, 5) is 3.13. The molecule has 2 aromatic carbocycles. The smallest absolute Gasteiger partial charge is 0.374 e. The average Bonchev–Trinajstić information content (AvgIpc) is 3.36. The number of rotatable bonds is 10. The first-order valence-corrected chi connectivity index (χ1v) is 16.5. The van der Waals surface area contributed by atoms with Crippen molar-refractivity contribution in [1.29, 1.82) is 0 Å². The Morgan fingerprint density at radius 2 is 1.82 bits per heavy atom. The zero-order valence-corrected chi connectivity index (χ0v) is 24.7. The Bertz CT molecular complexity index is 1670. The Morgan fingerprint density at radius 1 is 1.13 bits per heavy atom. The van der Waals surface area contributed by atoms with Crippen molar-refractivity contribution in [1.82, 2.24) is 0 Å². The number of hydrogen-bond donors (Lipinski definition) is 2. The molecule has 0 saturated carbocycles. The van der Waals surface area contributed by atoms with E-state index in [-0.39, 0.29) is 13.0 Å². The van der Waals surface area contributed by atoms with Crippen LogP contribution in [-0.4, -0.2) is 43.5 Å². The standard InChI is InChI=1S/C27H32N2O7S3/c1-5-21(16-26-28(12-13-38(30,31)32)22-8-6-7-9-24(22)36-26)17-27-29(11-10-20(4)39(33,34)35)23-14-18(2)19(3)15-25(23)37-27/h6-9,14-17,20H,5,10-13H2,1-4H3,(H-,30,31,32,33,34,35)/p+1. The van der Waals surface area contributed by atoms with E-state index in [2.05, 4.69) is 17.0 Å². The Morgan fingerprint density at radius 3 is 2.49 bits per heavy atom. The van der Waals surface area contributed by atoms with E-state index in [1.165, 1.54) is 6.92 Å². The summed E-state index contributed by atoms with van der Waals surface area (Å²) >= 11 is 1.59. The molecule has 1 aliphatic heterocycles. The minimum atomic E-state index is -4.17. The normalized spacial score (nSPS) is 16.3. The predicted molar refractivity (Wildman–Crippen MR) is 154 cm³/mol. The summed E-state index contributed by atoms with van der Waals surface area (Å²) in [7, 11) is -8.32. The van der Waals surface area contributed by atoms with Gasteiger partial charge in [0.05, 0.1) is 22.0 Å². The first kappa shape index (κ1) is 29.3. The quantitative estimate of drug-likeness (QED) is 0.243. The van der Waals surface area contributed by atoms with Gasteiger partial charge < -0.3 is 9.32 Å². The minimum absolute atomic E-state index is 0.0215. The van der Waals surface area contributed by atoms with Gasteiger partial charge in [-0.1, -0.05) is 30.8 Å². The predicted octanol–water partition coefficient (Wildman–Crippen LogP) is 5.14. The van der Waals surface area contributed by atoms with E-state index in [9.17, 15) is 25.9 Å². The third kappa shape index (κ3) is 6.93. The van der Waals surface area contributed by atoms with Gasteiger partial charge in [-0.25, -0.2) is 0 Å². The number of nitrogens with zero attached hydrogens (tertiary/aromatic N) is 2. The van der Waals surface area contributed by atoms with Gasteiger partial charge in [0, 0.05) is 17.5 Å². The molecular formula is C27H33N2O7S3+. The lowest BCUT2D eigenvalue weighted by molar-refractivity contribution is -0.673. The largest absolute Gasteiger partial charge is 0.398 e. The minimum Gasteiger partial charge on any atom is -0.398 e. The molecule has 39 heavy (non-hydrogen) atoms. The van der Waals surface area contributed by atoms with Crippen molar-refractivity contribution in [2.45, 2.75) is 57.2 Å². The Hall–Kier alpha value is -2.64. The van der Waals surface area contributed by atoms with Crippen molar-refractivity contribution in [3.8, 4) is 0 Å². The van der Waals surface area contributed by atoms with Crippen LogP contribution in [-0.2, 0) is 26.8 Å². The van der Waals surface area contributed by atoms with Gasteiger partial charge in [-0.2, -0.15) is 21.4 Å². The van der Waals surface area contributed by atoms with E-state index in [1.54, 1.807) is 22.4 Å². The molecule has 1 aliphatic rings. The van der Waals surface area contributed by atoms with Gasteiger partial charge in [0.2, 0.25) is 5.58 Å². The molecule has 0 aliphatic carbocycles. The Labute approximate surface area is 233 Å². The number of para-hydroxylation sites is 2. The van der Waals surface area contributed by atoms with Gasteiger partial charge in [-0.15, -0.1) is 0 Å². The number of aromatic nitrogens is 1. The van der Waals surface area contributed by atoms with Crippen LogP contribution in [0.4, 0.5) is 5.69 Å². The number of aryl methyl sites for hydroxylation is 3. The van der Waals surface area contributed by atoms with E-state index < -0.39 is 31.2 Å². The zero-order valence-electron chi connectivity index (χ0n) is 22.3. The number of oxazole rings is 1. The molecule has 0 amide bonds. The summed E-state index contributed by atoms with van der Waals surface area (Å²) in [5, 5.41) is 0.00378. The molecule has 1 aromatic heterocycles. The molecule has 0 spiro atoms. The lowest BCUT2D eigenvalue weighted by atomic mass is 10.1. The first-order valence-electron chi connectivity index (χ1n) is 12.6. The van der Waals surface area contributed by atoms with Crippen molar-refractivity contribution in [2.24, 2.45) is 0 Å². The Balaban J connectivity index is 1.75. The van der Waals surface area contributed by atoms with Crippen molar-refractivity contribution < 1.29 is 34.9 Å². The maximum Gasteiger partial charge on any atom is 0.374 e. The van der Waals surface area contributed by atoms with Crippen LogP contribution in [0, 0.1) is 13.8 Å². The highest BCUT2D eigenvalue weighted by molar-refractivity contribution is 8.03. The molecule has 3 aromatic rings. The summed E-state index contributed by atoms with van der Waals surface area (Å²) in [6.07, 6.45) is 4.76. The van der Waals surface area contributed by atoms with Crippen LogP contribution in [0.2, 0.25) is 0 Å². The molecule has 12 heteroatoms. The lowest BCUT2D eigenvalue weighted by Gasteiger charge is -2.22. The fraction of sp³-hybridized carbons (Fsp3) is 0.370. The van der Waals surface area contributed by atoms with E-state index in [1.807, 2.05) is 51.1 Å². The molecule has 2 N–H and O–H groups in total. The summed E-state index contributed by atoms with van der Waals surface area (Å²) in [5.41, 5.74) is 5.48. The van der Waals surface area contributed by atoms with Crippen LogP contribution in [0.5, 0.6) is 0 Å². The molecule has 2 heterocycles. The third-order valence-corrected chi connectivity index (χ3v) is 9.90. The SMILES string of the molecule is CCC(=Cc1oc2ccccc2[n+]1CCS(=O)(=O)O)C=C1Sc2cc(C)c(C)cc2N1CCC(C)S(=O)(=O)O. The van der Waals surface area contributed by atoms with Crippen molar-refractivity contribution in [3.63, 3.8) is 0 Å². The van der Waals surface area contributed by atoms with Gasteiger partial charge in [-0.3, -0.25) is 9.11 Å². The number of thioether (sulfide) groups is 1. The van der Waals surface area contributed by atoms with Crippen LogP contribution < -0.4 is 9.47 Å². The van der Waals surface area contributed by atoms with Gasteiger partial charge in [-0.05, 0) is 74.6 Å². The van der Waals surface area contributed by atoms with Crippen LogP contribution >= 0.6 is 11.8 Å². The number of hydrogen-bond acceptors (Lipinski definition) is 7. The van der Waals surface area contributed by atoms with Crippen molar-refractivity contribution in [3.05, 3.63) is 70.1 Å². The molecular weight excluding hydrogens is 561 g/mol. The van der Waals surface area contributed by atoms with Crippen LogP contribution in [0.25, 0.3) is 17.2 Å².